The van der Waals surface area contributed by atoms with Crippen molar-refractivity contribution in [2.24, 2.45) is 0 Å². The van der Waals surface area contributed by atoms with Crippen molar-refractivity contribution < 1.29 is 12.8 Å². The molecule has 112 valence electrons. The summed E-state index contributed by atoms with van der Waals surface area (Å²) in [7, 11) is -3.68. The van der Waals surface area contributed by atoms with Gasteiger partial charge in [0.15, 0.2) is 0 Å². The Hall–Kier alpha value is -0.650. The maximum Gasteiger partial charge on any atom is 0.243 e. The summed E-state index contributed by atoms with van der Waals surface area (Å²) in [5.74, 6) is -0.498. The van der Waals surface area contributed by atoms with Crippen molar-refractivity contribution >= 4 is 21.6 Å². The third kappa shape index (κ3) is 3.00. The van der Waals surface area contributed by atoms with E-state index in [0.717, 1.165) is 31.7 Å². The van der Waals surface area contributed by atoms with Crippen molar-refractivity contribution in [1.82, 2.24) is 4.31 Å². The summed E-state index contributed by atoms with van der Waals surface area (Å²) in [5, 5.41) is 0. The molecule has 1 saturated heterocycles. The van der Waals surface area contributed by atoms with Gasteiger partial charge in [0.25, 0.3) is 0 Å². The fourth-order valence-electron chi connectivity index (χ4n) is 2.70. The smallest absolute Gasteiger partial charge is 0.207 e. The summed E-state index contributed by atoms with van der Waals surface area (Å²) in [6.07, 6.45) is 3.52. The van der Waals surface area contributed by atoms with Gasteiger partial charge >= 0.3 is 0 Å². The average Bonchev–Trinajstić information content (AvgIpc) is 2.47. The molecule has 1 aliphatic heterocycles. The Bertz CT molecular complexity index is 577. The SMILES string of the molecule is CCC1CCCCN1S(=O)(=O)c1cc(F)ccc1CCl. The summed E-state index contributed by atoms with van der Waals surface area (Å²) in [4.78, 5) is 0.00727. The Balaban J connectivity index is 2.46. The molecule has 0 N–H and O–H groups in total. The zero-order chi connectivity index (χ0) is 14.8. The molecule has 0 aromatic heterocycles. The van der Waals surface area contributed by atoms with Gasteiger partial charge in [-0.1, -0.05) is 19.4 Å². The van der Waals surface area contributed by atoms with E-state index in [0.29, 0.717) is 12.1 Å². The predicted octanol–water partition coefficient (Wildman–Crippen LogP) is 3.52. The van der Waals surface area contributed by atoms with Gasteiger partial charge in [-0.05, 0) is 37.0 Å². The first-order valence-electron chi connectivity index (χ1n) is 6.87. The van der Waals surface area contributed by atoms with E-state index in [1.54, 1.807) is 0 Å². The van der Waals surface area contributed by atoms with Gasteiger partial charge in [0.2, 0.25) is 10.0 Å². The average molecular weight is 320 g/mol. The molecule has 0 radical (unpaired) electrons. The number of benzene rings is 1. The molecule has 20 heavy (non-hydrogen) atoms. The van der Waals surface area contributed by atoms with E-state index in [-0.39, 0.29) is 16.8 Å². The minimum Gasteiger partial charge on any atom is -0.207 e. The van der Waals surface area contributed by atoms with Crippen LogP contribution in [-0.4, -0.2) is 25.3 Å². The first-order chi connectivity index (χ1) is 9.50. The molecule has 0 bridgehead atoms. The van der Waals surface area contributed by atoms with Crippen LogP contribution < -0.4 is 0 Å². The second-order valence-electron chi connectivity index (χ2n) is 5.06. The quantitative estimate of drug-likeness (QED) is 0.796. The number of rotatable bonds is 4. The fraction of sp³-hybridized carbons (Fsp3) is 0.571. The van der Waals surface area contributed by atoms with Gasteiger partial charge in [-0.2, -0.15) is 4.31 Å². The van der Waals surface area contributed by atoms with Gasteiger partial charge in [0.1, 0.15) is 5.82 Å². The largest absolute Gasteiger partial charge is 0.243 e. The van der Waals surface area contributed by atoms with E-state index in [1.165, 1.54) is 16.4 Å². The summed E-state index contributed by atoms with van der Waals surface area (Å²) in [5.41, 5.74) is 0.452. The molecule has 0 amide bonds. The van der Waals surface area contributed by atoms with Crippen molar-refractivity contribution in [3.05, 3.63) is 29.6 Å². The van der Waals surface area contributed by atoms with Crippen molar-refractivity contribution in [3.63, 3.8) is 0 Å². The maximum atomic E-state index is 13.4. The summed E-state index contributed by atoms with van der Waals surface area (Å²) in [6.45, 7) is 2.48. The first kappa shape index (κ1) is 15.7. The summed E-state index contributed by atoms with van der Waals surface area (Å²) < 4.78 is 40.5. The van der Waals surface area contributed by atoms with E-state index in [2.05, 4.69) is 0 Å². The highest BCUT2D eigenvalue weighted by atomic mass is 35.5. The van der Waals surface area contributed by atoms with E-state index >= 15 is 0 Å². The van der Waals surface area contributed by atoms with E-state index in [9.17, 15) is 12.8 Å². The number of nitrogens with zero attached hydrogens (tertiary/aromatic N) is 1. The molecule has 1 aromatic rings. The summed E-state index contributed by atoms with van der Waals surface area (Å²) >= 11 is 5.79. The van der Waals surface area contributed by atoms with Crippen molar-refractivity contribution in [2.45, 2.75) is 49.4 Å². The van der Waals surface area contributed by atoms with Crippen LogP contribution in [0.15, 0.2) is 23.1 Å². The van der Waals surface area contributed by atoms with Crippen LogP contribution in [0.1, 0.15) is 38.2 Å². The lowest BCUT2D eigenvalue weighted by atomic mass is 10.0. The standard InChI is InChI=1S/C14H19ClFNO2S/c1-2-13-5-3-4-8-17(13)20(18,19)14-9-12(16)7-6-11(14)10-15/h6-7,9,13H,2-5,8,10H2,1H3. The monoisotopic (exact) mass is 319 g/mol. The number of hydrogen-bond acceptors (Lipinski definition) is 2. The fourth-order valence-corrected chi connectivity index (χ4v) is 5.02. The number of hydrogen-bond donors (Lipinski definition) is 0. The first-order valence-corrected chi connectivity index (χ1v) is 8.84. The second kappa shape index (κ2) is 6.41. The Kier molecular flexibility index (Phi) is 5.04. The van der Waals surface area contributed by atoms with Crippen molar-refractivity contribution in [3.8, 4) is 0 Å². The normalized spacial score (nSPS) is 21.1. The van der Waals surface area contributed by atoms with Gasteiger partial charge in [0.05, 0.1) is 4.90 Å². The molecular formula is C14H19ClFNO2S. The predicted molar refractivity (Wildman–Crippen MR) is 77.8 cm³/mol. The lowest BCUT2D eigenvalue weighted by Crippen LogP contribution is -2.43. The molecule has 0 spiro atoms. The van der Waals surface area contributed by atoms with Crippen LogP contribution in [0.2, 0.25) is 0 Å². The number of piperidine rings is 1. The molecule has 1 aromatic carbocycles. The Labute approximate surface area is 124 Å². The highest BCUT2D eigenvalue weighted by Crippen LogP contribution is 2.29. The Morgan fingerprint density at radius 2 is 2.15 bits per heavy atom. The molecule has 1 aliphatic rings. The third-order valence-corrected chi connectivity index (χ3v) is 6.13. The van der Waals surface area contributed by atoms with Crippen LogP contribution in [0.4, 0.5) is 4.39 Å². The number of alkyl halides is 1. The third-order valence-electron chi connectivity index (χ3n) is 3.80. The van der Waals surface area contributed by atoms with Crippen LogP contribution in [0.25, 0.3) is 0 Å². The minimum absolute atomic E-state index is 0.000179. The highest BCUT2D eigenvalue weighted by Gasteiger charge is 2.33. The van der Waals surface area contributed by atoms with Crippen LogP contribution in [0.3, 0.4) is 0 Å². The molecule has 1 atom stereocenters. The molecule has 0 saturated carbocycles. The van der Waals surface area contributed by atoms with Crippen LogP contribution in [0.5, 0.6) is 0 Å². The second-order valence-corrected chi connectivity index (χ2v) is 7.19. The van der Waals surface area contributed by atoms with Gasteiger partial charge < -0.3 is 0 Å². The maximum absolute atomic E-state index is 13.4. The van der Waals surface area contributed by atoms with Crippen LogP contribution in [0, 0.1) is 5.82 Å². The highest BCUT2D eigenvalue weighted by molar-refractivity contribution is 7.89. The molecule has 3 nitrogen and oxygen atoms in total. The molecule has 1 heterocycles. The topological polar surface area (TPSA) is 37.4 Å². The Morgan fingerprint density at radius 3 is 2.80 bits per heavy atom. The van der Waals surface area contributed by atoms with E-state index in [4.69, 9.17) is 11.6 Å². The van der Waals surface area contributed by atoms with Crippen LogP contribution in [-0.2, 0) is 15.9 Å². The van der Waals surface area contributed by atoms with Crippen molar-refractivity contribution in [1.29, 1.82) is 0 Å². The molecule has 1 fully saturated rings. The molecule has 6 heteroatoms. The molecule has 1 unspecified atom stereocenters. The van der Waals surface area contributed by atoms with Crippen molar-refractivity contribution in [2.75, 3.05) is 6.54 Å². The lowest BCUT2D eigenvalue weighted by molar-refractivity contribution is 0.246. The zero-order valence-corrected chi connectivity index (χ0v) is 13.1. The van der Waals surface area contributed by atoms with E-state index in [1.807, 2.05) is 6.92 Å². The molecular weight excluding hydrogens is 301 g/mol. The minimum atomic E-state index is -3.68. The molecule has 0 aliphatic carbocycles. The zero-order valence-electron chi connectivity index (χ0n) is 11.5. The Morgan fingerprint density at radius 1 is 1.40 bits per heavy atom. The van der Waals surface area contributed by atoms with Crippen LogP contribution >= 0.6 is 11.6 Å². The molecule has 2 rings (SSSR count). The lowest BCUT2D eigenvalue weighted by Gasteiger charge is -2.34. The number of halogens is 2. The van der Waals surface area contributed by atoms with Gasteiger partial charge in [-0.3, -0.25) is 0 Å². The van der Waals surface area contributed by atoms with Gasteiger partial charge in [0, 0.05) is 18.5 Å². The number of sulfonamides is 1. The summed E-state index contributed by atoms with van der Waals surface area (Å²) in [6, 6.07) is 3.76. The van der Waals surface area contributed by atoms with Gasteiger partial charge in [-0.15, -0.1) is 11.6 Å². The van der Waals surface area contributed by atoms with E-state index < -0.39 is 15.8 Å². The van der Waals surface area contributed by atoms with Gasteiger partial charge in [-0.25, -0.2) is 12.8 Å².